The van der Waals surface area contributed by atoms with Gasteiger partial charge in [-0.15, -0.1) is 0 Å². The van der Waals surface area contributed by atoms with Crippen molar-refractivity contribution in [2.24, 2.45) is 11.3 Å². The molecule has 1 aliphatic rings. The highest BCUT2D eigenvalue weighted by Gasteiger charge is 2.41. The molecule has 2 nitrogen and oxygen atoms in total. The van der Waals surface area contributed by atoms with Crippen molar-refractivity contribution in [3.63, 3.8) is 0 Å². The van der Waals surface area contributed by atoms with Crippen molar-refractivity contribution in [3.8, 4) is 0 Å². The van der Waals surface area contributed by atoms with E-state index in [0.29, 0.717) is 11.8 Å². The van der Waals surface area contributed by atoms with Gasteiger partial charge in [-0.2, -0.15) is 0 Å². The van der Waals surface area contributed by atoms with Crippen LogP contribution in [0.25, 0.3) is 0 Å². The molecular weight excluding hydrogens is 186 g/mol. The summed E-state index contributed by atoms with van der Waals surface area (Å²) in [6.45, 7) is 8.50. The molecule has 1 N–H and O–H groups in total. The van der Waals surface area contributed by atoms with E-state index in [0.717, 1.165) is 19.3 Å². The maximum Gasteiger partial charge on any atom is 0.226 e. The Kier molecular flexibility index (Phi) is 4.18. The van der Waals surface area contributed by atoms with E-state index >= 15 is 0 Å². The summed E-state index contributed by atoms with van der Waals surface area (Å²) in [6, 6.07) is 0.266. The molecule has 0 aromatic rings. The van der Waals surface area contributed by atoms with Crippen LogP contribution in [-0.2, 0) is 4.79 Å². The monoisotopic (exact) mass is 211 g/mol. The van der Waals surface area contributed by atoms with Gasteiger partial charge in [-0.25, -0.2) is 0 Å². The molecule has 0 spiro atoms. The van der Waals surface area contributed by atoms with Crippen molar-refractivity contribution in [2.45, 2.75) is 65.8 Å². The van der Waals surface area contributed by atoms with E-state index in [2.05, 4.69) is 19.2 Å². The van der Waals surface area contributed by atoms with Crippen LogP contribution >= 0.6 is 0 Å². The Morgan fingerprint density at radius 2 is 1.73 bits per heavy atom. The van der Waals surface area contributed by atoms with Crippen LogP contribution in [0.5, 0.6) is 0 Å². The second kappa shape index (κ2) is 5.00. The van der Waals surface area contributed by atoms with Crippen LogP contribution in [0.15, 0.2) is 0 Å². The number of carbonyl (C=O) groups excluding carboxylic acids is 1. The van der Waals surface area contributed by atoms with Crippen LogP contribution in [0.3, 0.4) is 0 Å². The summed E-state index contributed by atoms with van der Waals surface area (Å²) in [6.07, 6.45) is 5.66. The normalized spacial score (nSPS) is 19.9. The molecule has 0 aliphatic heterocycles. The van der Waals surface area contributed by atoms with Gasteiger partial charge >= 0.3 is 0 Å². The van der Waals surface area contributed by atoms with Gasteiger partial charge in [0.25, 0.3) is 0 Å². The van der Waals surface area contributed by atoms with E-state index in [1.54, 1.807) is 0 Å². The maximum atomic E-state index is 12.2. The fraction of sp³-hybridized carbons (Fsp3) is 0.923. The van der Waals surface area contributed by atoms with Crippen LogP contribution in [0.4, 0.5) is 0 Å². The molecule has 0 aromatic carbocycles. The van der Waals surface area contributed by atoms with Crippen LogP contribution in [0, 0.1) is 11.3 Å². The number of hydrogen-bond acceptors (Lipinski definition) is 1. The Bertz CT molecular complexity index is 215. The highest BCUT2D eigenvalue weighted by atomic mass is 16.2. The molecule has 1 rings (SSSR count). The Hall–Kier alpha value is -0.530. The van der Waals surface area contributed by atoms with Crippen molar-refractivity contribution < 1.29 is 4.79 Å². The first-order valence-electron chi connectivity index (χ1n) is 6.27. The zero-order valence-corrected chi connectivity index (χ0v) is 10.6. The van der Waals surface area contributed by atoms with Crippen molar-refractivity contribution in [3.05, 3.63) is 0 Å². The molecule has 0 aromatic heterocycles. The van der Waals surface area contributed by atoms with Gasteiger partial charge in [-0.1, -0.05) is 26.7 Å². The van der Waals surface area contributed by atoms with Crippen molar-refractivity contribution in [2.75, 3.05) is 0 Å². The molecule has 0 atom stereocenters. The van der Waals surface area contributed by atoms with E-state index in [1.807, 2.05) is 13.8 Å². The quantitative estimate of drug-likeness (QED) is 0.760. The van der Waals surface area contributed by atoms with Crippen molar-refractivity contribution in [1.82, 2.24) is 5.32 Å². The second-order valence-corrected chi connectivity index (χ2v) is 5.71. The van der Waals surface area contributed by atoms with Gasteiger partial charge in [0.1, 0.15) is 0 Å². The molecule has 1 aliphatic carbocycles. The predicted octanol–water partition coefficient (Wildman–Crippen LogP) is 3.12. The predicted molar refractivity (Wildman–Crippen MR) is 63.6 cm³/mol. The SMILES string of the molecule is CC(C)CC1(C(=O)NC(C)C)CCCC1. The minimum atomic E-state index is -0.0432. The first kappa shape index (κ1) is 12.5. The van der Waals surface area contributed by atoms with Gasteiger partial charge in [-0.3, -0.25) is 4.79 Å². The van der Waals surface area contributed by atoms with E-state index in [1.165, 1.54) is 12.8 Å². The fourth-order valence-corrected chi connectivity index (χ4v) is 2.77. The lowest BCUT2D eigenvalue weighted by Gasteiger charge is -2.30. The third-order valence-electron chi connectivity index (χ3n) is 3.26. The maximum absolute atomic E-state index is 12.2. The standard InChI is InChI=1S/C13H25NO/c1-10(2)9-13(7-5-6-8-13)12(15)14-11(3)4/h10-11H,5-9H2,1-4H3,(H,14,15). The molecule has 1 amide bonds. The van der Waals surface area contributed by atoms with Gasteiger partial charge in [0.2, 0.25) is 5.91 Å². The lowest BCUT2D eigenvalue weighted by atomic mass is 9.77. The Morgan fingerprint density at radius 1 is 1.20 bits per heavy atom. The molecule has 88 valence electrons. The molecule has 0 bridgehead atoms. The Morgan fingerprint density at radius 3 is 2.13 bits per heavy atom. The third-order valence-corrected chi connectivity index (χ3v) is 3.26. The van der Waals surface area contributed by atoms with E-state index < -0.39 is 0 Å². The molecule has 1 fully saturated rings. The first-order chi connectivity index (χ1) is 6.96. The van der Waals surface area contributed by atoms with E-state index in [-0.39, 0.29) is 11.5 Å². The molecule has 2 heteroatoms. The van der Waals surface area contributed by atoms with Gasteiger partial charge in [0.15, 0.2) is 0 Å². The zero-order valence-electron chi connectivity index (χ0n) is 10.6. The van der Waals surface area contributed by atoms with Crippen LogP contribution < -0.4 is 5.32 Å². The lowest BCUT2D eigenvalue weighted by Crippen LogP contribution is -2.43. The van der Waals surface area contributed by atoms with Crippen LogP contribution in [-0.4, -0.2) is 11.9 Å². The average Bonchev–Trinajstić information content (AvgIpc) is 2.51. The summed E-state index contributed by atoms with van der Waals surface area (Å²) >= 11 is 0. The minimum absolute atomic E-state index is 0.0432. The summed E-state index contributed by atoms with van der Waals surface area (Å²) in [5.41, 5.74) is -0.0432. The average molecular weight is 211 g/mol. The Labute approximate surface area is 93.8 Å². The van der Waals surface area contributed by atoms with Gasteiger partial charge in [0, 0.05) is 11.5 Å². The molecule has 0 saturated heterocycles. The molecule has 1 saturated carbocycles. The summed E-state index contributed by atoms with van der Waals surface area (Å²) < 4.78 is 0. The van der Waals surface area contributed by atoms with Crippen molar-refractivity contribution >= 4 is 5.91 Å². The number of carbonyl (C=O) groups is 1. The topological polar surface area (TPSA) is 29.1 Å². The largest absolute Gasteiger partial charge is 0.353 e. The summed E-state index contributed by atoms with van der Waals surface area (Å²) in [5.74, 6) is 0.907. The summed E-state index contributed by atoms with van der Waals surface area (Å²) in [4.78, 5) is 12.2. The summed E-state index contributed by atoms with van der Waals surface area (Å²) in [7, 11) is 0. The number of amides is 1. The first-order valence-corrected chi connectivity index (χ1v) is 6.27. The van der Waals surface area contributed by atoms with E-state index in [9.17, 15) is 4.79 Å². The summed E-state index contributed by atoms with van der Waals surface area (Å²) in [5, 5.41) is 3.09. The Balaban J connectivity index is 2.67. The molecule has 0 heterocycles. The van der Waals surface area contributed by atoms with E-state index in [4.69, 9.17) is 0 Å². The number of nitrogens with one attached hydrogen (secondary N) is 1. The molecule has 0 radical (unpaired) electrons. The number of rotatable bonds is 4. The molecule has 0 unspecified atom stereocenters. The second-order valence-electron chi connectivity index (χ2n) is 5.71. The van der Waals surface area contributed by atoms with Gasteiger partial charge in [0.05, 0.1) is 0 Å². The fourth-order valence-electron chi connectivity index (χ4n) is 2.77. The highest BCUT2D eigenvalue weighted by molar-refractivity contribution is 5.83. The third kappa shape index (κ3) is 3.22. The smallest absolute Gasteiger partial charge is 0.226 e. The zero-order chi connectivity index (χ0) is 11.5. The van der Waals surface area contributed by atoms with Gasteiger partial charge < -0.3 is 5.32 Å². The minimum Gasteiger partial charge on any atom is -0.353 e. The lowest BCUT2D eigenvalue weighted by molar-refractivity contribution is -0.132. The number of hydrogen-bond donors (Lipinski definition) is 1. The van der Waals surface area contributed by atoms with Crippen molar-refractivity contribution in [1.29, 1.82) is 0 Å². The van der Waals surface area contributed by atoms with Crippen LogP contribution in [0.1, 0.15) is 59.8 Å². The molecule has 15 heavy (non-hydrogen) atoms. The highest BCUT2D eigenvalue weighted by Crippen LogP contribution is 2.43. The van der Waals surface area contributed by atoms with Crippen LogP contribution in [0.2, 0.25) is 0 Å². The van der Waals surface area contributed by atoms with Gasteiger partial charge in [-0.05, 0) is 39.0 Å². The molecular formula is C13H25NO.